The summed E-state index contributed by atoms with van der Waals surface area (Å²) in [5, 5.41) is 7.98. The Morgan fingerprint density at radius 1 is 1.05 bits per heavy atom. The number of H-pyrrole nitrogens is 1. The van der Waals surface area contributed by atoms with Crippen molar-refractivity contribution in [1.82, 2.24) is 20.2 Å². The molecule has 1 unspecified atom stereocenters. The van der Waals surface area contributed by atoms with E-state index >= 15 is 4.39 Å². The van der Waals surface area contributed by atoms with Gasteiger partial charge in [0, 0.05) is 31.9 Å². The zero-order chi connectivity index (χ0) is 31.9. The molecule has 11 nitrogen and oxygen atoms in total. The monoisotopic (exact) mass is 620 g/mol. The Bertz CT molecular complexity index is 1950. The van der Waals surface area contributed by atoms with E-state index in [-0.39, 0.29) is 40.1 Å². The number of anilines is 2. The molecule has 4 bridgehead atoms. The van der Waals surface area contributed by atoms with Gasteiger partial charge in [-0.25, -0.2) is 22.6 Å². The molecular formula is C31H33FN6O5S. The van der Waals surface area contributed by atoms with E-state index in [1.54, 1.807) is 33.0 Å². The smallest absolute Gasteiger partial charge is 0.321 e. The molecule has 3 amide bonds. The number of aromatic amines is 1. The van der Waals surface area contributed by atoms with Gasteiger partial charge < -0.3 is 25.8 Å². The molecule has 0 spiro atoms. The molecule has 0 saturated carbocycles. The predicted octanol–water partition coefficient (Wildman–Crippen LogP) is 4.31. The van der Waals surface area contributed by atoms with Crippen LogP contribution in [0.4, 0.5) is 20.6 Å². The van der Waals surface area contributed by atoms with Gasteiger partial charge in [0.2, 0.25) is 5.91 Å². The van der Waals surface area contributed by atoms with Gasteiger partial charge in [0.1, 0.15) is 11.9 Å². The number of aryl methyl sites for hydroxylation is 2. The summed E-state index contributed by atoms with van der Waals surface area (Å²) in [6.45, 7) is 6.90. The summed E-state index contributed by atoms with van der Waals surface area (Å²) in [7, 11) is -2.10. The summed E-state index contributed by atoms with van der Waals surface area (Å²) in [6.07, 6.45) is 1.18. The molecule has 4 aromatic rings. The number of hydrogen-bond acceptors (Lipinski definition) is 7. The van der Waals surface area contributed by atoms with Crippen LogP contribution >= 0.6 is 0 Å². The van der Waals surface area contributed by atoms with Gasteiger partial charge in [-0.05, 0) is 79.8 Å². The van der Waals surface area contributed by atoms with E-state index in [0.29, 0.717) is 11.3 Å². The molecule has 1 atom stereocenters. The molecule has 13 heteroatoms. The zero-order valence-corrected chi connectivity index (χ0v) is 25.7. The van der Waals surface area contributed by atoms with Crippen molar-refractivity contribution in [2.75, 3.05) is 17.7 Å². The minimum Gasteiger partial charge on any atom is -0.368 e. The molecule has 0 aliphatic carbocycles. The Hall–Kier alpha value is -4.78. The second-order valence-corrected chi connectivity index (χ2v) is 13.7. The molecule has 3 aromatic carbocycles. The summed E-state index contributed by atoms with van der Waals surface area (Å²) in [5.41, 5.74) is 3.22. The molecule has 44 heavy (non-hydrogen) atoms. The fourth-order valence-corrected chi connectivity index (χ4v) is 6.50. The first kappa shape index (κ1) is 30.7. The average molecular weight is 621 g/mol. The number of hydrogen-bond donors (Lipinski definition) is 4. The molecule has 0 fully saturated rings. The summed E-state index contributed by atoms with van der Waals surface area (Å²) >= 11 is 0. The van der Waals surface area contributed by atoms with E-state index in [1.807, 2.05) is 13.8 Å². The van der Waals surface area contributed by atoms with Crippen LogP contribution in [-0.4, -0.2) is 47.5 Å². The van der Waals surface area contributed by atoms with Crippen LogP contribution in [0.25, 0.3) is 10.9 Å². The van der Waals surface area contributed by atoms with Crippen LogP contribution < -0.4 is 21.5 Å². The van der Waals surface area contributed by atoms with Crippen LogP contribution in [0.3, 0.4) is 0 Å². The van der Waals surface area contributed by atoms with Gasteiger partial charge in [0.15, 0.2) is 9.84 Å². The van der Waals surface area contributed by atoms with Crippen LogP contribution in [0.5, 0.6) is 0 Å². The summed E-state index contributed by atoms with van der Waals surface area (Å²) in [5.74, 6) is -1.28. The number of nitrogens with one attached hydrogen (secondary N) is 4. The van der Waals surface area contributed by atoms with Crippen LogP contribution in [0.1, 0.15) is 47.7 Å². The number of nitrogens with zero attached hydrogens (tertiary/aromatic N) is 2. The van der Waals surface area contributed by atoms with Crippen molar-refractivity contribution in [1.29, 1.82) is 0 Å². The number of benzene rings is 3. The van der Waals surface area contributed by atoms with E-state index < -0.39 is 44.4 Å². The lowest BCUT2D eigenvalue weighted by molar-refractivity contribution is -0.122. The fraction of sp³-hybridized carbons (Fsp3) is 0.290. The maximum Gasteiger partial charge on any atom is 0.321 e. The quantitative estimate of drug-likeness (QED) is 0.265. The molecule has 1 aromatic heterocycles. The first-order valence-corrected chi connectivity index (χ1v) is 15.5. The van der Waals surface area contributed by atoms with Crippen molar-refractivity contribution in [2.45, 2.75) is 57.0 Å². The SMILES string of the molecule is Cc1cc2cc(C)c1CN(C)C(=O)Nc1ccc(S(=O)(=O)C(C)C)c(c1)CNC(=O)C2Nc1cc2c(=O)[nH]cnc2cc1F. The first-order valence-electron chi connectivity index (χ1n) is 14.0. The highest BCUT2D eigenvalue weighted by Crippen LogP contribution is 2.30. The predicted molar refractivity (Wildman–Crippen MR) is 166 cm³/mol. The molecule has 2 aliphatic rings. The van der Waals surface area contributed by atoms with Crippen molar-refractivity contribution in [2.24, 2.45) is 0 Å². The minimum atomic E-state index is -3.75. The minimum absolute atomic E-state index is 0.0240. The van der Waals surface area contributed by atoms with Gasteiger partial charge in [-0.15, -0.1) is 0 Å². The van der Waals surface area contributed by atoms with Gasteiger partial charge >= 0.3 is 6.03 Å². The van der Waals surface area contributed by atoms with E-state index in [2.05, 4.69) is 25.9 Å². The Balaban J connectivity index is 1.64. The fourth-order valence-electron chi connectivity index (χ4n) is 5.24. The van der Waals surface area contributed by atoms with E-state index in [4.69, 9.17) is 0 Å². The Labute approximate surface area is 253 Å². The van der Waals surface area contributed by atoms with E-state index in [9.17, 15) is 22.8 Å². The first-order chi connectivity index (χ1) is 20.8. The van der Waals surface area contributed by atoms with Crippen molar-refractivity contribution in [3.63, 3.8) is 0 Å². The number of carbonyl (C=O) groups is 2. The number of carbonyl (C=O) groups excluding carboxylic acids is 2. The third-order valence-corrected chi connectivity index (χ3v) is 10.0. The van der Waals surface area contributed by atoms with Crippen molar-refractivity contribution in [3.05, 3.63) is 92.8 Å². The third kappa shape index (κ3) is 5.87. The Kier molecular flexibility index (Phi) is 8.17. The topological polar surface area (TPSA) is 153 Å². The Morgan fingerprint density at radius 3 is 2.43 bits per heavy atom. The van der Waals surface area contributed by atoms with E-state index in [1.165, 1.54) is 35.5 Å². The van der Waals surface area contributed by atoms with Gasteiger partial charge in [-0.1, -0.05) is 12.1 Å². The van der Waals surface area contributed by atoms with Crippen molar-refractivity contribution in [3.8, 4) is 0 Å². The molecule has 0 radical (unpaired) electrons. The lowest BCUT2D eigenvalue weighted by atomic mass is 9.94. The molecule has 3 heterocycles. The maximum atomic E-state index is 15.3. The highest BCUT2D eigenvalue weighted by molar-refractivity contribution is 7.92. The number of halogens is 1. The molecule has 0 saturated heterocycles. The number of aromatic nitrogens is 2. The number of rotatable bonds is 4. The molecule has 230 valence electrons. The van der Waals surface area contributed by atoms with Gasteiger partial charge in [-0.2, -0.15) is 0 Å². The number of amides is 3. The van der Waals surface area contributed by atoms with Crippen molar-refractivity contribution < 1.29 is 22.4 Å². The second-order valence-electron chi connectivity index (χ2n) is 11.2. The highest BCUT2D eigenvalue weighted by Gasteiger charge is 2.27. The third-order valence-electron chi connectivity index (χ3n) is 7.78. The summed E-state index contributed by atoms with van der Waals surface area (Å²) < 4.78 is 41.7. The van der Waals surface area contributed by atoms with E-state index in [0.717, 1.165) is 22.8 Å². The van der Waals surface area contributed by atoms with Crippen LogP contribution in [0, 0.1) is 19.7 Å². The summed E-state index contributed by atoms with van der Waals surface area (Å²) in [6, 6.07) is 8.91. The van der Waals surface area contributed by atoms with Crippen LogP contribution in [0.15, 0.2) is 58.5 Å². The maximum absolute atomic E-state index is 15.3. The average Bonchev–Trinajstić information content (AvgIpc) is 2.96. The number of fused-ring (bicyclic) bond motifs is 9. The van der Waals surface area contributed by atoms with Gasteiger partial charge in [-0.3, -0.25) is 9.59 Å². The molecular weight excluding hydrogens is 587 g/mol. The highest BCUT2D eigenvalue weighted by atomic mass is 32.2. The largest absolute Gasteiger partial charge is 0.368 e. The van der Waals surface area contributed by atoms with Gasteiger partial charge in [0.05, 0.1) is 33.1 Å². The van der Waals surface area contributed by atoms with Crippen LogP contribution in [-0.2, 0) is 27.7 Å². The number of sulfone groups is 1. The summed E-state index contributed by atoms with van der Waals surface area (Å²) in [4.78, 5) is 47.4. The van der Waals surface area contributed by atoms with Crippen molar-refractivity contribution >= 4 is 44.1 Å². The standard InChI is InChI=1S/C31H33FN6O5S/c1-16(2)44(42,43)27-7-6-21-10-20(27)13-33-30(40)28(37-26-11-22-25(12-24(26)32)34-15-35-29(22)39)19-8-17(3)23(18(4)9-19)14-38(5)31(41)36-21/h6-12,15-16,28,37H,13-14H2,1-5H3,(H,33,40)(H,36,41)(H,34,35,39). The normalized spacial score (nSPS) is 16.0. The lowest BCUT2D eigenvalue weighted by Gasteiger charge is -2.24. The molecule has 6 rings (SSSR count). The molecule has 4 N–H and O–H groups in total. The zero-order valence-electron chi connectivity index (χ0n) is 24.9. The lowest BCUT2D eigenvalue weighted by Crippen LogP contribution is -2.34. The molecule has 2 aliphatic heterocycles. The van der Waals surface area contributed by atoms with Gasteiger partial charge in [0.25, 0.3) is 5.56 Å². The van der Waals surface area contributed by atoms with Crippen LogP contribution in [0.2, 0.25) is 0 Å². The number of urea groups is 1. The Morgan fingerprint density at radius 2 is 1.75 bits per heavy atom. The second kappa shape index (κ2) is 11.7.